The van der Waals surface area contributed by atoms with E-state index < -0.39 is 0 Å². The van der Waals surface area contributed by atoms with Crippen LogP contribution < -0.4 is 24.8 Å². The lowest BCUT2D eigenvalue weighted by Crippen LogP contribution is -2.49. The van der Waals surface area contributed by atoms with Gasteiger partial charge in [0.25, 0.3) is 0 Å². The molecule has 0 spiro atoms. The van der Waals surface area contributed by atoms with Crippen molar-refractivity contribution in [2.24, 2.45) is 5.41 Å². The standard InChI is InChI=1S/C42H51N2O3/c1-12-43-34-22-36-32(20-30(34)26(3)24-41(43,8)9)38(28-16-14-15-17-29(28)39(45)46-19-18-40(5,6)7)33-21-31-27(4)25-42(10,11)44(13-2)35(31)23-37(33)47-36/h14-17,20-25H,12-13,18-19H2,1-11H3/q+1. The van der Waals surface area contributed by atoms with E-state index in [1.54, 1.807) is 0 Å². The molecule has 3 aliphatic rings. The summed E-state index contributed by atoms with van der Waals surface area (Å²) >= 11 is 0. The number of carbonyl (C=O) groups is 1. The highest BCUT2D eigenvalue weighted by Crippen LogP contribution is 2.46. The molecule has 0 aliphatic carbocycles. The fourth-order valence-corrected chi connectivity index (χ4v) is 7.88. The van der Waals surface area contributed by atoms with Gasteiger partial charge >= 0.3 is 5.97 Å². The van der Waals surface area contributed by atoms with Crippen LogP contribution in [-0.4, -0.2) is 36.7 Å². The molecule has 246 valence electrons. The van der Waals surface area contributed by atoms with Crippen molar-refractivity contribution < 1.29 is 14.3 Å². The number of anilines is 1. The van der Waals surface area contributed by atoms with Gasteiger partial charge in [-0.1, -0.05) is 45.0 Å². The maximum Gasteiger partial charge on any atom is 0.338 e. The van der Waals surface area contributed by atoms with Crippen molar-refractivity contribution >= 4 is 28.4 Å². The first-order chi connectivity index (χ1) is 22.1. The van der Waals surface area contributed by atoms with Crippen LogP contribution in [0.3, 0.4) is 0 Å². The maximum absolute atomic E-state index is 13.8. The summed E-state index contributed by atoms with van der Waals surface area (Å²) in [6.45, 7) is 26.5. The van der Waals surface area contributed by atoms with E-state index in [0.717, 1.165) is 52.9 Å². The number of hydrogen-bond acceptors (Lipinski definition) is 4. The van der Waals surface area contributed by atoms with Gasteiger partial charge in [0.05, 0.1) is 23.8 Å². The lowest BCUT2D eigenvalue weighted by Gasteiger charge is -2.43. The molecule has 0 atom stereocenters. The molecule has 0 radical (unpaired) electrons. The van der Waals surface area contributed by atoms with E-state index in [2.05, 4.69) is 128 Å². The molecule has 3 aromatic rings. The minimum absolute atomic E-state index is 0.0734. The summed E-state index contributed by atoms with van der Waals surface area (Å²) in [6, 6.07) is 16.9. The minimum Gasteiger partial charge on any atom is -0.462 e. The fraction of sp³-hybridized carbons (Fsp3) is 0.429. The molecule has 0 fully saturated rings. The number of allylic oxidation sites excluding steroid dienone is 2. The van der Waals surface area contributed by atoms with Crippen LogP contribution >= 0.6 is 0 Å². The number of esters is 1. The number of benzene rings is 3. The van der Waals surface area contributed by atoms with Gasteiger partial charge in [0, 0.05) is 59.6 Å². The SMILES string of the molecule is CCN1c2cc3c(cc2C(C)=CC1(C)C)C(c1ccccc1C(=O)OCCC(C)(C)C)=c1cc2c(cc1O3)=[N+](CC)C(C)(C)C=C2C. The van der Waals surface area contributed by atoms with Crippen LogP contribution in [-0.2, 0) is 4.74 Å². The Morgan fingerprint density at radius 3 is 2.26 bits per heavy atom. The van der Waals surface area contributed by atoms with E-state index in [1.165, 1.54) is 33.3 Å². The zero-order chi connectivity index (χ0) is 34.1. The van der Waals surface area contributed by atoms with Crippen LogP contribution in [0.5, 0.6) is 11.5 Å². The topological polar surface area (TPSA) is 41.8 Å². The van der Waals surface area contributed by atoms with Crippen molar-refractivity contribution in [3.63, 3.8) is 0 Å². The Kier molecular flexibility index (Phi) is 8.05. The molecular weight excluding hydrogens is 580 g/mol. The van der Waals surface area contributed by atoms with E-state index in [-0.39, 0.29) is 22.5 Å². The van der Waals surface area contributed by atoms with Crippen molar-refractivity contribution in [2.75, 3.05) is 24.6 Å². The van der Waals surface area contributed by atoms with Crippen molar-refractivity contribution in [3.05, 3.63) is 99.1 Å². The van der Waals surface area contributed by atoms with Crippen LogP contribution in [0, 0.1) is 5.41 Å². The fourth-order valence-electron chi connectivity index (χ4n) is 7.88. The summed E-state index contributed by atoms with van der Waals surface area (Å²) in [7, 11) is 0. The van der Waals surface area contributed by atoms with Gasteiger partial charge in [-0.15, -0.1) is 0 Å². The van der Waals surface area contributed by atoms with E-state index >= 15 is 0 Å². The summed E-state index contributed by atoms with van der Waals surface area (Å²) in [6.07, 6.45) is 5.50. The Hall–Kier alpha value is -4.12. The third kappa shape index (κ3) is 5.72. The molecule has 0 amide bonds. The summed E-state index contributed by atoms with van der Waals surface area (Å²) < 4.78 is 15.3. The van der Waals surface area contributed by atoms with Crippen LogP contribution in [0.1, 0.15) is 115 Å². The number of likely N-dealkylation sites (N-methyl/N-ethyl adjacent to an activating group) is 2. The summed E-state index contributed by atoms with van der Waals surface area (Å²) in [4.78, 5) is 16.2. The summed E-state index contributed by atoms with van der Waals surface area (Å²) in [5.41, 5.74) is 9.25. The van der Waals surface area contributed by atoms with Crippen LogP contribution in [0.4, 0.5) is 5.69 Å². The van der Waals surface area contributed by atoms with Crippen molar-refractivity contribution in [3.8, 4) is 11.5 Å². The molecule has 3 aliphatic heterocycles. The van der Waals surface area contributed by atoms with Crippen LogP contribution in [0.25, 0.3) is 16.7 Å². The van der Waals surface area contributed by atoms with Gasteiger partial charge in [0.2, 0.25) is 5.36 Å². The molecule has 0 bridgehead atoms. The zero-order valence-corrected chi connectivity index (χ0v) is 30.2. The molecule has 3 heterocycles. The largest absolute Gasteiger partial charge is 0.462 e. The van der Waals surface area contributed by atoms with Crippen molar-refractivity contribution in [2.45, 2.75) is 93.7 Å². The van der Waals surface area contributed by atoms with Crippen LogP contribution in [0.15, 0.2) is 60.7 Å². The second-order valence-electron chi connectivity index (χ2n) is 15.7. The number of fused-ring (bicyclic) bond motifs is 4. The number of nitrogens with zero attached hydrogens (tertiary/aromatic N) is 2. The van der Waals surface area contributed by atoms with Gasteiger partial charge in [0.1, 0.15) is 18.0 Å². The van der Waals surface area contributed by atoms with Gasteiger partial charge in [-0.25, -0.2) is 9.37 Å². The molecule has 5 heteroatoms. The number of hydrogen-bond donors (Lipinski definition) is 0. The minimum atomic E-state index is -0.298. The zero-order valence-electron chi connectivity index (χ0n) is 30.2. The van der Waals surface area contributed by atoms with E-state index in [0.29, 0.717) is 12.2 Å². The van der Waals surface area contributed by atoms with Gasteiger partial charge < -0.3 is 14.4 Å². The quantitative estimate of drug-likeness (QED) is 0.158. The van der Waals surface area contributed by atoms with Crippen molar-refractivity contribution in [1.29, 1.82) is 0 Å². The maximum atomic E-state index is 13.8. The highest BCUT2D eigenvalue weighted by Gasteiger charge is 2.36. The second kappa shape index (κ2) is 11.5. The first kappa shape index (κ1) is 32.8. The normalized spacial score (nSPS) is 17.5. The first-order valence-corrected chi connectivity index (χ1v) is 17.2. The lowest BCUT2D eigenvalue weighted by atomic mass is 9.83. The van der Waals surface area contributed by atoms with Gasteiger partial charge in [-0.3, -0.25) is 0 Å². The molecule has 0 aromatic heterocycles. The number of carbonyl (C=O) groups excluding carboxylic acids is 1. The smallest absolute Gasteiger partial charge is 0.338 e. The first-order valence-electron chi connectivity index (χ1n) is 17.2. The molecule has 0 unspecified atom stereocenters. The molecule has 6 rings (SSSR count). The molecule has 47 heavy (non-hydrogen) atoms. The van der Waals surface area contributed by atoms with E-state index in [1.807, 2.05) is 18.2 Å². The Labute approximate surface area is 280 Å². The Morgan fingerprint density at radius 1 is 0.872 bits per heavy atom. The molecule has 0 N–H and O–H groups in total. The molecule has 5 nitrogen and oxygen atoms in total. The average Bonchev–Trinajstić information content (AvgIpc) is 2.97. The predicted molar refractivity (Wildman–Crippen MR) is 195 cm³/mol. The molecular formula is C42H51N2O3+. The predicted octanol–water partition coefficient (Wildman–Crippen LogP) is 8.36. The Morgan fingerprint density at radius 2 is 1.57 bits per heavy atom. The number of ether oxygens (including phenoxy) is 2. The van der Waals surface area contributed by atoms with E-state index in [4.69, 9.17) is 9.47 Å². The monoisotopic (exact) mass is 631 g/mol. The van der Waals surface area contributed by atoms with Gasteiger partial charge in [0.15, 0.2) is 5.54 Å². The molecule has 0 saturated carbocycles. The highest BCUT2D eigenvalue weighted by molar-refractivity contribution is 6.00. The van der Waals surface area contributed by atoms with Crippen molar-refractivity contribution in [1.82, 2.24) is 4.58 Å². The summed E-state index contributed by atoms with van der Waals surface area (Å²) in [5.74, 6) is 1.31. The van der Waals surface area contributed by atoms with Gasteiger partial charge in [-0.2, -0.15) is 0 Å². The average molecular weight is 632 g/mol. The Bertz CT molecular complexity index is 1980. The lowest BCUT2D eigenvalue weighted by molar-refractivity contribution is 0.0464. The molecule has 3 aromatic carbocycles. The third-order valence-corrected chi connectivity index (χ3v) is 10.1. The highest BCUT2D eigenvalue weighted by atomic mass is 16.5. The summed E-state index contributed by atoms with van der Waals surface area (Å²) in [5, 5.41) is 2.15. The van der Waals surface area contributed by atoms with E-state index in [9.17, 15) is 4.79 Å². The Balaban J connectivity index is 1.67. The third-order valence-electron chi connectivity index (χ3n) is 10.1. The van der Waals surface area contributed by atoms with Gasteiger partial charge in [-0.05, 0) is 94.4 Å². The molecule has 0 saturated heterocycles. The number of rotatable bonds is 6. The van der Waals surface area contributed by atoms with Crippen LogP contribution in [0.2, 0.25) is 0 Å². The second-order valence-corrected chi connectivity index (χ2v) is 15.7.